The number of anilines is 3. The number of piperidine rings is 1. The fourth-order valence-electron chi connectivity index (χ4n) is 3.01. The predicted octanol–water partition coefficient (Wildman–Crippen LogP) is 1.75. The predicted molar refractivity (Wildman–Crippen MR) is 84.1 cm³/mol. The monoisotopic (exact) mass is 291 g/mol. The van der Waals surface area contributed by atoms with Crippen LogP contribution < -0.4 is 21.5 Å². The van der Waals surface area contributed by atoms with Crippen LogP contribution in [-0.2, 0) is 0 Å². The van der Waals surface area contributed by atoms with Crippen molar-refractivity contribution in [3.05, 3.63) is 0 Å². The summed E-state index contributed by atoms with van der Waals surface area (Å²) in [5, 5.41) is 3.42. The number of hydrogen-bond acceptors (Lipinski definition) is 7. The zero-order valence-electron chi connectivity index (χ0n) is 12.7. The molecule has 2 heterocycles. The summed E-state index contributed by atoms with van der Waals surface area (Å²) in [7, 11) is 0. The van der Waals surface area contributed by atoms with Crippen LogP contribution in [0.1, 0.15) is 45.4 Å². The Labute approximate surface area is 125 Å². The third-order valence-electron chi connectivity index (χ3n) is 4.29. The highest BCUT2D eigenvalue weighted by Gasteiger charge is 2.36. The maximum Gasteiger partial charge on any atom is 0.243 e. The molecule has 2 atom stereocenters. The molecule has 21 heavy (non-hydrogen) atoms. The molecule has 1 saturated carbocycles. The molecule has 1 aliphatic heterocycles. The fourth-order valence-corrected chi connectivity index (χ4v) is 3.01. The van der Waals surface area contributed by atoms with Crippen LogP contribution in [0.5, 0.6) is 0 Å². The lowest BCUT2D eigenvalue weighted by Gasteiger charge is -2.26. The molecule has 4 N–H and O–H groups in total. The highest BCUT2D eigenvalue weighted by molar-refractivity contribution is 5.44. The second-order valence-corrected chi connectivity index (χ2v) is 6.01. The third-order valence-corrected chi connectivity index (χ3v) is 4.29. The number of nitrogen functional groups attached to an aromatic ring is 1. The van der Waals surface area contributed by atoms with Crippen molar-refractivity contribution in [1.29, 1.82) is 0 Å². The Hall–Kier alpha value is -1.63. The Kier molecular flexibility index (Phi) is 4.38. The molecule has 2 aliphatic rings. The number of nitrogens with one attached hydrogen (secondary N) is 2. The van der Waals surface area contributed by atoms with Gasteiger partial charge in [-0.05, 0) is 38.0 Å². The molecule has 0 aromatic carbocycles. The van der Waals surface area contributed by atoms with Crippen LogP contribution in [-0.4, -0.2) is 34.1 Å². The molecule has 7 heteroatoms. The van der Waals surface area contributed by atoms with E-state index < -0.39 is 0 Å². The summed E-state index contributed by atoms with van der Waals surface area (Å²) in [6.07, 6.45) is 7.39. The van der Waals surface area contributed by atoms with E-state index in [1.807, 2.05) is 0 Å². The first-order valence-corrected chi connectivity index (χ1v) is 8.04. The van der Waals surface area contributed by atoms with Crippen molar-refractivity contribution < 1.29 is 0 Å². The molecule has 0 radical (unpaired) electrons. The van der Waals surface area contributed by atoms with Gasteiger partial charge in [0.1, 0.15) is 0 Å². The highest BCUT2D eigenvalue weighted by atomic mass is 15.4. The number of hydrazine groups is 1. The van der Waals surface area contributed by atoms with Crippen molar-refractivity contribution in [1.82, 2.24) is 15.0 Å². The largest absolute Gasteiger partial charge is 0.351 e. The summed E-state index contributed by atoms with van der Waals surface area (Å²) >= 11 is 0. The molecule has 1 saturated heterocycles. The van der Waals surface area contributed by atoms with Crippen LogP contribution >= 0.6 is 0 Å². The molecule has 2 unspecified atom stereocenters. The average Bonchev–Trinajstić information content (AvgIpc) is 3.26. The quantitative estimate of drug-likeness (QED) is 0.543. The zero-order valence-corrected chi connectivity index (χ0v) is 12.7. The van der Waals surface area contributed by atoms with E-state index in [9.17, 15) is 0 Å². The second kappa shape index (κ2) is 6.43. The number of nitrogens with zero attached hydrogens (tertiary/aromatic N) is 4. The topological polar surface area (TPSA) is 92.0 Å². The standard InChI is InChI=1S/C14H25N7/c1-2-6-10-9-11(10)16-12-17-13(20-15)19-14(18-12)21-7-4-3-5-8-21/h10-11H,2-9,15H2,1H3,(H2,16,17,18,19,20). The molecule has 7 nitrogen and oxygen atoms in total. The summed E-state index contributed by atoms with van der Waals surface area (Å²) < 4.78 is 0. The van der Waals surface area contributed by atoms with Gasteiger partial charge in [-0.1, -0.05) is 13.3 Å². The Morgan fingerprint density at radius 3 is 2.62 bits per heavy atom. The lowest BCUT2D eigenvalue weighted by molar-refractivity contribution is 0.567. The average molecular weight is 291 g/mol. The molecule has 116 valence electrons. The number of rotatable bonds is 6. The zero-order chi connectivity index (χ0) is 14.7. The van der Waals surface area contributed by atoms with Gasteiger partial charge in [0, 0.05) is 19.1 Å². The third kappa shape index (κ3) is 3.53. The first-order chi connectivity index (χ1) is 10.3. The number of nitrogens with two attached hydrogens (primary N) is 1. The summed E-state index contributed by atoms with van der Waals surface area (Å²) in [6, 6.07) is 0.507. The maximum atomic E-state index is 5.49. The van der Waals surface area contributed by atoms with Gasteiger partial charge in [-0.25, -0.2) is 5.84 Å². The molecular weight excluding hydrogens is 266 g/mol. The molecule has 1 aliphatic carbocycles. The molecule has 0 bridgehead atoms. The SMILES string of the molecule is CCCC1CC1Nc1nc(NN)nc(N2CCCCC2)n1. The lowest BCUT2D eigenvalue weighted by atomic mass is 10.1. The van der Waals surface area contributed by atoms with Crippen molar-refractivity contribution in [3.8, 4) is 0 Å². The van der Waals surface area contributed by atoms with Crippen LogP contribution in [0.2, 0.25) is 0 Å². The molecule has 0 spiro atoms. The van der Waals surface area contributed by atoms with E-state index >= 15 is 0 Å². The van der Waals surface area contributed by atoms with Gasteiger partial charge in [0.05, 0.1) is 0 Å². The van der Waals surface area contributed by atoms with Crippen LogP contribution in [0.25, 0.3) is 0 Å². The van der Waals surface area contributed by atoms with Gasteiger partial charge in [0.15, 0.2) is 0 Å². The summed E-state index contributed by atoms with van der Waals surface area (Å²) in [5.74, 6) is 8.05. The lowest BCUT2D eigenvalue weighted by Crippen LogP contribution is -2.32. The molecule has 2 fully saturated rings. The Bertz CT molecular complexity index is 472. The number of hydrogen-bond donors (Lipinski definition) is 3. The second-order valence-electron chi connectivity index (χ2n) is 6.01. The van der Waals surface area contributed by atoms with Crippen LogP contribution in [0, 0.1) is 5.92 Å². The highest BCUT2D eigenvalue weighted by Crippen LogP contribution is 2.36. The Balaban J connectivity index is 1.71. The summed E-state index contributed by atoms with van der Waals surface area (Å²) in [4.78, 5) is 15.5. The van der Waals surface area contributed by atoms with E-state index in [2.05, 4.69) is 37.5 Å². The van der Waals surface area contributed by atoms with Crippen LogP contribution in [0.3, 0.4) is 0 Å². The minimum Gasteiger partial charge on any atom is -0.351 e. The van der Waals surface area contributed by atoms with Gasteiger partial charge < -0.3 is 10.2 Å². The van der Waals surface area contributed by atoms with Gasteiger partial charge in [-0.2, -0.15) is 15.0 Å². The van der Waals surface area contributed by atoms with Crippen molar-refractivity contribution >= 4 is 17.8 Å². The minimum atomic E-state index is 0.431. The molecule has 0 amide bonds. The van der Waals surface area contributed by atoms with Crippen molar-refractivity contribution in [2.45, 2.75) is 51.5 Å². The van der Waals surface area contributed by atoms with Crippen LogP contribution in [0.4, 0.5) is 17.8 Å². The molecule has 3 rings (SSSR count). The normalized spacial score (nSPS) is 24.8. The van der Waals surface area contributed by atoms with Crippen molar-refractivity contribution in [2.75, 3.05) is 28.7 Å². The van der Waals surface area contributed by atoms with E-state index in [0.717, 1.165) is 25.0 Å². The first-order valence-electron chi connectivity index (χ1n) is 8.04. The Morgan fingerprint density at radius 2 is 1.90 bits per heavy atom. The van der Waals surface area contributed by atoms with E-state index in [4.69, 9.17) is 5.84 Å². The van der Waals surface area contributed by atoms with E-state index in [0.29, 0.717) is 17.9 Å². The smallest absolute Gasteiger partial charge is 0.243 e. The van der Waals surface area contributed by atoms with E-state index in [1.54, 1.807) is 0 Å². The molecular formula is C14H25N7. The van der Waals surface area contributed by atoms with Gasteiger partial charge in [0.25, 0.3) is 0 Å². The van der Waals surface area contributed by atoms with Crippen LogP contribution in [0.15, 0.2) is 0 Å². The maximum absolute atomic E-state index is 5.49. The van der Waals surface area contributed by atoms with Crippen molar-refractivity contribution in [3.63, 3.8) is 0 Å². The summed E-state index contributed by atoms with van der Waals surface area (Å²) in [6.45, 7) is 4.24. The van der Waals surface area contributed by atoms with E-state index in [1.165, 1.54) is 38.5 Å². The number of aromatic nitrogens is 3. The van der Waals surface area contributed by atoms with Gasteiger partial charge in [0.2, 0.25) is 17.8 Å². The Morgan fingerprint density at radius 1 is 1.14 bits per heavy atom. The van der Waals surface area contributed by atoms with Gasteiger partial charge in [-0.3, -0.25) is 5.43 Å². The first kappa shape index (κ1) is 14.3. The fraction of sp³-hybridized carbons (Fsp3) is 0.786. The molecule has 1 aromatic heterocycles. The van der Waals surface area contributed by atoms with Gasteiger partial charge >= 0.3 is 0 Å². The van der Waals surface area contributed by atoms with E-state index in [-0.39, 0.29) is 0 Å². The van der Waals surface area contributed by atoms with Gasteiger partial charge in [-0.15, -0.1) is 0 Å². The molecule has 1 aromatic rings. The summed E-state index contributed by atoms with van der Waals surface area (Å²) in [5.41, 5.74) is 2.55. The minimum absolute atomic E-state index is 0.431. The van der Waals surface area contributed by atoms with Crippen molar-refractivity contribution in [2.24, 2.45) is 11.8 Å².